The maximum atomic E-state index is 3.71. The third-order valence-electron chi connectivity index (χ3n) is 2.29. The fraction of sp³-hybridized carbons (Fsp3) is 0.385. The normalized spacial score (nSPS) is 9.86. The zero-order chi connectivity index (χ0) is 10.4. The van der Waals surface area contributed by atoms with Gasteiger partial charge in [-0.05, 0) is 43.9 Å². The smallest absolute Gasteiger partial charge is 0.0372 e. The highest BCUT2D eigenvalue weighted by Gasteiger charge is 1.96. The van der Waals surface area contributed by atoms with Crippen LogP contribution in [0.4, 0.5) is 5.69 Å². The molecule has 76 valence electrons. The minimum Gasteiger partial charge on any atom is -0.385 e. The summed E-state index contributed by atoms with van der Waals surface area (Å²) < 4.78 is 0. The molecule has 1 N–H and O–H groups in total. The Kier molecular flexibility index (Phi) is 4.24. The van der Waals surface area contributed by atoms with E-state index in [1.807, 2.05) is 6.08 Å². The van der Waals surface area contributed by atoms with Crippen molar-refractivity contribution in [2.24, 2.45) is 0 Å². The van der Waals surface area contributed by atoms with Crippen LogP contribution in [-0.2, 0) is 0 Å². The van der Waals surface area contributed by atoms with Crippen LogP contribution in [0.1, 0.15) is 24.0 Å². The lowest BCUT2D eigenvalue weighted by molar-refractivity contribution is 0.889. The second-order valence-electron chi connectivity index (χ2n) is 3.68. The van der Waals surface area contributed by atoms with Gasteiger partial charge in [0.1, 0.15) is 0 Å². The molecule has 0 heterocycles. The van der Waals surface area contributed by atoms with Gasteiger partial charge in [-0.15, -0.1) is 6.58 Å². The molecule has 0 aliphatic carbocycles. The molecule has 1 aromatic carbocycles. The first kappa shape index (κ1) is 10.8. The summed E-state index contributed by atoms with van der Waals surface area (Å²) in [5.74, 6) is 0. The van der Waals surface area contributed by atoms with Crippen LogP contribution in [0.3, 0.4) is 0 Å². The van der Waals surface area contributed by atoms with E-state index >= 15 is 0 Å². The van der Waals surface area contributed by atoms with Crippen molar-refractivity contribution in [1.82, 2.24) is 0 Å². The van der Waals surface area contributed by atoms with E-state index in [0.29, 0.717) is 0 Å². The van der Waals surface area contributed by atoms with Gasteiger partial charge in [0.05, 0.1) is 0 Å². The van der Waals surface area contributed by atoms with Crippen molar-refractivity contribution in [3.05, 3.63) is 42.0 Å². The lowest BCUT2D eigenvalue weighted by atomic mass is 10.1. The van der Waals surface area contributed by atoms with Crippen molar-refractivity contribution in [3.8, 4) is 0 Å². The van der Waals surface area contributed by atoms with Gasteiger partial charge in [0, 0.05) is 12.2 Å². The number of unbranched alkanes of at least 4 members (excludes halogenated alkanes) is 1. The van der Waals surface area contributed by atoms with Gasteiger partial charge >= 0.3 is 0 Å². The Morgan fingerprint density at radius 1 is 1.36 bits per heavy atom. The molecule has 0 radical (unpaired) electrons. The van der Waals surface area contributed by atoms with E-state index in [2.05, 4.69) is 43.9 Å². The van der Waals surface area contributed by atoms with Crippen LogP contribution < -0.4 is 5.32 Å². The maximum absolute atomic E-state index is 3.71. The molecule has 0 spiro atoms. The molecule has 1 rings (SSSR count). The van der Waals surface area contributed by atoms with Crippen molar-refractivity contribution in [2.75, 3.05) is 11.9 Å². The second-order valence-corrected chi connectivity index (χ2v) is 3.68. The van der Waals surface area contributed by atoms with Crippen molar-refractivity contribution in [3.63, 3.8) is 0 Å². The third-order valence-corrected chi connectivity index (χ3v) is 2.29. The van der Waals surface area contributed by atoms with E-state index < -0.39 is 0 Å². The fourth-order valence-corrected chi connectivity index (χ4v) is 1.40. The lowest BCUT2D eigenvalue weighted by Crippen LogP contribution is -2.02. The summed E-state index contributed by atoms with van der Waals surface area (Å²) in [6.07, 6.45) is 4.19. The number of nitrogens with one attached hydrogen (secondary N) is 1. The van der Waals surface area contributed by atoms with Gasteiger partial charge in [-0.25, -0.2) is 0 Å². The third kappa shape index (κ3) is 3.25. The monoisotopic (exact) mass is 189 g/mol. The molecule has 0 atom stereocenters. The molecule has 0 amide bonds. The predicted octanol–water partition coefficient (Wildman–Crippen LogP) is 3.68. The highest BCUT2D eigenvalue weighted by Crippen LogP contribution is 2.16. The summed E-state index contributed by atoms with van der Waals surface area (Å²) in [5, 5.41) is 3.44. The Labute approximate surface area is 86.8 Å². The van der Waals surface area contributed by atoms with Crippen LogP contribution in [0.25, 0.3) is 0 Å². The molecule has 1 nitrogen and oxygen atoms in total. The Morgan fingerprint density at radius 3 is 2.86 bits per heavy atom. The first-order chi connectivity index (χ1) is 6.74. The van der Waals surface area contributed by atoms with Crippen LogP contribution in [0.5, 0.6) is 0 Å². The highest BCUT2D eigenvalue weighted by molar-refractivity contribution is 5.52. The number of rotatable bonds is 5. The lowest BCUT2D eigenvalue weighted by Gasteiger charge is -2.09. The molecule has 0 aliphatic rings. The van der Waals surface area contributed by atoms with E-state index in [4.69, 9.17) is 0 Å². The Balaban J connectivity index is 2.49. The summed E-state index contributed by atoms with van der Waals surface area (Å²) in [7, 11) is 0. The molecule has 0 bridgehead atoms. The van der Waals surface area contributed by atoms with Crippen LogP contribution in [0, 0.1) is 13.8 Å². The van der Waals surface area contributed by atoms with Crippen molar-refractivity contribution >= 4 is 5.69 Å². The number of aryl methyl sites for hydroxylation is 2. The standard InChI is InChI=1S/C13H19N/c1-4-5-6-9-14-13-10-11(2)7-8-12(13)3/h4,7-8,10,14H,1,5-6,9H2,2-3H3. The van der Waals surface area contributed by atoms with Crippen LogP contribution in [0.2, 0.25) is 0 Å². The quantitative estimate of drug-likeness (QED) is 0.550. The summed E-state index contributed by atoms with van der Waals surface area (Å²) in [6, 6.07) is 6.50. The second kappa shape index (κ2) is 5.48. The Bertz CT molecular complexity index is 302. The summed E-state index contributed by atoms with van der Waals surface area (Å²) >= 11 is 0. The van der Waals surface area contributed by atoms with Gasteiger partial charge < -0.3 is 5.32 Å². The SMILES string of the molecule is C=CCCCNc1cc(C)ccc1C. The first-order valence-electron chi connectivity index (χ1n) is 5.16. The van der Waals surface area contributed by atoms with Crippen molar-refractivity contribution < 1.29 is 0 Å². The van der Waals surface area contributed by atoms with Gasteiger partial charge in [0.25, 0.3) is 0 Å². The maximum Gasteiger partial charge on any atom is 0.0372 e. The zero-order valence-corrected chi connectivity index (χ0v) is 9.14. The van der Waals surface area contributed by atoms with Crippen LogP contribution in [-0.4, -0.2) is 6.54 Å². The molecular weight excluding hydrogens is 170 g/mol. The molecule has 1 heteroatoms. The average Bonchev–Trinajstić information content (AvgIpc) is 2.18. The Hall–Kier alpha value is -1.24. The number of hydrogen-bond donors (Lipinski definition) is 1. The number of hydrogen-bond acceptors (Lipinski definition) is 1. The van der Waals surface area contributed by atoms with Gasteiger partial charge in [-0.2, -0.15) is 0 Å². The van der Waals surface area contributed by atoms with Crippen LogP contribution >= 0.6 is 0 Å². The molecule has 0 aliphatic heterocycles. The minimum atomic E-state index is 1.02. The predicted molar refractivity (Wildman–Crippen MR) is 63.8 cm³/mol. The van der Waals surface area contributed by atoms with E-state index in [9.17, 15) is 0 Å². The van der Waals surface area contributed by atoms with Crippen molar-refractivity contribution in [1.29, 1.82) is 0 Å². The molecule has 0 fully saturated rings. The van der Waals surface area contributed by atoms with Crippen molar-refractivity contribution in [2.45, 2.75) is 26.7 Å². The molecule has 0 unspecified atom stereocenters. The highest BCUT2D eigenvalue weighted by atomic mass is 14.9. The minimum absolute atomic E-state index is 1.02. The summed E-state index contributed by atoms with van der Waals surface area (Å²) in [4.78, 5) is 0. The number of anilines is 1. The average molecular weight is 189 g/mol. The molecule has 0 saturated heterocycles. The molecular formula is C13H19N. The van der Waals surface area contributed by atoms with E-state index in [1.54, 1.807) is 0 Å². The number of benzene rings is 1. The largest absolute Gasteiger partial charge is 0.385 e. The van der Waals surface area contributed by atoms with Gasteiger partial charge in [-0.3, -0.25) is 0 Å². The van der Waals surface area contributed by atoms with Crippen LogP contribution in [0.15, 0.2) is 30.9 Å². The zero-order valence-electron chi connectivity index (χ0n) is 9.14. The van der Waals surface area contributed by atoms with E-state index in [1.165, 1.54) is 16.8 Å². The number of allylic oxidation sites excluding steroid dienone is 1. The molecule has 14 heavy (non-hydrogen) atoms. The molecule has 0 aromatic heterocycles. The van der Waals surface area contributed by atoms with Gasteiger partial charge in [-0.1, -0.05) is 18.2 Å². The summed E-state index contributed by atoms with van der Waals surface area (Å²) in [5.41, 5.74) is 3.88. The first-order valence-corrected chi connectivity index (χ1v) is 5.16. The molecule has 1 aromatic rings. The summed E-state index contributed by atoms with van der Waals surface area (Å²) in [6.45, 7) is 8.99. The Morgan fingerprint density at radius 2 is 2.14 bits per heavy atom. The van der Waals surface area contributed by atoms with E-state index in [0.717, 1.165) is 19.4 Å². The van der Waals surface area contributed by atoms with E-state index in [-0.39, 0.29) is 0 Å². The van der Waals surface area contributed by atoms with Gasteiger partial charge in [0.2, 0.25) is 0 Å². The topological polar surface area (TPSA) is 12.0 Å². The fourth-order valence-electron chi connectivity index (χ4n) is 1.40. The molecule has 0 saturated carbocycles. The van der Waals surface area contributed by atoms with Gasteiger partial charge in [0.15, 0.2) is 0 Å².